The van der Waals surface area contributed by atoms with E-state index in [1.807, 2.05) is 18.2 Å². The topological polar surface area (TPSA) is 86.5 Å². The van der Waals surface area contributed by atoms with E-state index in [2.05, 4.69) is 15.5 Å². The highest BCUT2D eigenvalue weighted by atomic mass is 16.5. The molecule has 7 nitrogen and oxygen atoms in total. The third-order valence-electron chi connectivity index (χ3n) is 3.62. The van der Waals surface area contributed by atoms with E-state index in [9.17, 15) is 4.79 Å². The Balaban J connectivity index is 1.48. The Labute approximate surface area is 150 Å². The Kier molecular flexibility index (Phi) is 5.48. The lowest BCUT2D eigenvalue weighted by molar-refractivity contribution is 0.0947. The molecule has 0 aliphatic rings. The number of hydrogen-bond donors (Lipinski definition) is 1. The first-order valence-electron chi connectivity index (χ1n) is 8.11. The van der Waals surface area contributed by atoms with E-state index < -0.39 is 0 Å². The number of benzene rings is 2. The van der Waals surface area contributed by atoms with Crippen LogP contribution in [0.25, 0.3) is 11.5 Å². The zero-order chi connectivity index (χ0) is 18.4. The zero-order valence-electron chi connectivity index (χ0n) is 14.6. The van der Waals surface area contributed by atoms with Gasteiger partial charge < -0.3 is 19.3 Å². The molecule has 7 heteroatoms. The van der Waals surface area contributed by atoms with Crippen molar-refractivity contribution in [3.05, 3.63) is 59.9 Å². The van der Waals surface area contributed by atoms with E-state index in [0.29, 0.717) is 36.2 Å². The Morgan fingerprint density at radius 3 is 2.62 bits per heavy atom. The fraction of sp³-hybridized carbons (Fsp3) is 0.211. The molecule has 2 aromatic carbocycles. The smallest absolute Gasteiger partial charge is 0.257 e. The normalized spacial score (nSPS) is 10.4. The SMILES string of the molecule is COc1cccc(OCCNC(=O)c2ccc(-c3nc(C)no3)cc2)c1. The molecule has 3 rings (SSSR count). The van der Waals surface area contributed by atoms with Gasteiger partial charge in [-0.25, -0.2) is 0 Å². The standard InChI is InChI=1S/C19H19N3O4/c1-13-21-19(26-22-13)15-8-6-14(7-9-15)18(23)20-10-11-25-17-5-3-4-16(12-17)24-2/h3-9,12H,10-11H2,1-2H3,(H,20,23). The molecule has 0 saturated carbocycles. The van der Waals surface area contributed by atoms with Crippen molar-refractivity contribution in [2.75, 3.05) is 20.3 Å². The molecule has 0 aliphatic carbocycles. The number of nitrogens with one attached hydrogen (secondary N) is 1. The van der Waals surface area contributed by atoms with Gasteiger partial charge in [-0.05, 0) is 43.3 Å². The molecule has 0 atom stereocenters. The molecule has 3 aromatic rings. The predicted molar refractivity (Wildman–Crippen MR) is 95.3 cm³/mol. The maximum Gasteiger partial charge on any atom is 0.257 e. The van der Waals surface area contributed by atoms with Gasteiger partial charge in [0.2, 0.25) is 0 Å². The van der Waals surface area contributed by atoms with Crippen LogP contribution >= 0.6 is 0 Å². The highest BCUT2D eigenvalue weighted by Gasteiger charge is 2.09. The molecule has 1 amide bonds. The molecule has 134 valence electrons. The molecule has 0 radical (unpaired) electrons. The summed E-state index contributed by atoms with van der Waals surface area (Å²) in [6.45, 7) is 2.50. The quantitative estimate of drug-likeness (QED) is 0.657. The van der Waals surface area contributed by atoms with Gasteiger partial charge in [0.25, 0.3) is 11.8 Å². The molecule has 1 N–H and O–H groups in total. The lowest BCUT2D eigenvalue weighted by Crippen LogP contribution is -2.28. The van der Waals surface area contributed by atoms with Crippen LogP contribution in [0.4, 0.5) is 0 Å². The van der Waals surface area contributed by atoms with E-state index in [4.69, 9.17) is 14.0 Å². The van der Waals surface area contributed by atoms with E-state index >= 15 is 0 Å². The van der Waals surface area contributed by atoms with Crippen LogP contribution in [0.1, 0.15) is 16.2 Å². The number of hydrogen-bond acceptors (Lipinski definition) is 6. The Hall–Kier alpha value is -3.35. The minimum absolute atomic E-state index is 0.174. The first kappa shape index (κ1) is 17.5. The van der Waals surface area contributed by atoms with Crippen LogP contribution < -0.4 is 14.8 Å². The minimum Gasteiger partial charge on any atom is -0.497 e. The number of carbonyl (C=O) groups is 1. The van der Waals surface area contributed by atoms with Gasteiger partial charge in [0, 0.05) is 17.2 Å². The maximum atomic E-state index is 12.2. The van der Waals surface area contributed by atoms with Crippen LogP contribution in [0.5, 0.6) is 11.5 Å². The molecule has 0 spiro atoms. The Bertz CT molecular complexity index is 875. The first-order valence-corrected chi connectivity index (χ1v) is 8.11. The average molecular weight is 353 g/mol. The van der Waals surface area contributed by atoms with Crippen LogP contribution in [0.15, 0.2) is 53.1 Å². The van der Waals surface area contributed by atoms with Crippen LogP contribution in [-0.4, -0.2) is 36.3 Å². The minimum atomic E-state index is -0.174. The summed E-state index contributed by atoms with van der Waals surface area (Å²) in [6.07, 6.45) is 0. The molecular formula is C19H19N3O4. The molecule has 1 heterocycles. The van der Waals surface area contributed by atoms with Gasteiger partial charge in [-0.2, -0.15) is 4.98 Å². The fourth-order valence-corrected chi connectivity index (χ4v) is 2.30. The number of carbonyl (C=O) groups excluding carboxylic acids is 1. The maximum absolute atomic E-state index is 12.2. The molecule has 1 aromatic heterocycles. The van der Waals surface area contributed by atoms with Crippen LogP contribution in [0.2, 0.25) is 0 Å². The van der Waals surface area contributed by atoms with E-state index in [1.165, 1.54) is 0 Å². The third kappa shape index (κ3) is 4.38. The van der Waals surface area contributed by atoms with Crippen LogP contribution in [0.3, 0.4) is 0 Å². The molecule has 0 unspecified atom stereocenters. The van der Waals surface area contributed by atoms with Crippen molar-refractivity contribution in [2.24, 2.45) is 0 Å². The van der Waals surface area contributed by atoms with Crippen molar-refractivity contribution in [1.82, 2.24) is 15.5 Å². The summed E-state index contributed by atoms with van der Waals surface area (Å²) in [5.41, 5.74) is 1.31. The van der Waals surface area contributed by atoms with Crippen LogP contribution in [-0.2, 0) is 0 Å². The second-order valence-corrected chi connectivity index (χ2v) is 5.51. The summed E-state index contributed by atoms with van der Waals surface area (Å²) in [6, 6.07) is 14.3. The van der Waals surface area contributed by atoms with Gasteiger partial charge in [0.1, 0.15) is 18.1 Å². The average Bonchev–Trinajstić information content (AvgIpc) is 3.12. The number of ether oxygens (including phenoxy) is 2. The van der Waals surface area contributed by atoms with Gasteiger partial charge in [0.05, 0.1) is 13.7 Å². The fourth-order valence-electron chi connectivity index (χ4n) is 2.30. The molecular weight excluding hydrogens is 334 g/mol. The largest absolute Gasteiger partial charge is 0.497 e. The second-order valence-electron chi connectivity index (χ2n) is 5.51. The number of methoxy groups -OCH3 is 1. The van der Waals surface area contributed by atoms with Gasteiger partial charge in [-0.3, -0.25) is 4.79 Å². The van der Waals surface area contributed by atoms with Crippen molar-refractivity contribution in [1.29, 1.82) is 0 Å². The Morgan fingerprint density at radius 2 is 1.92 bits per heavy atom. The number of nitrogens with zero attached hydrogens (tertiary/aromatic N) is 2. The molecule has 0 bridgehead atoms. The predicted octanol–water partition coefficient (Wildman–Crippen LogP) is 2.86. The lowest BCUT2D eigenvalue weighted by Gasteiger charge is -2.09. The van der Waals surface area contributed by atoms with E-state index in [-0.39, 0.29) is 5.91 Å². The molecule has 0 saturated heterocycles. The highest BCUT2D eigenvalue weighted by Crippen LogP contribution is 2.19. The highest BCUT2D eigenvalue weighted by molar-refractivity contribution is 5.94. The van der Waals surface area contributed by atoms with Gasteiger partial charge in [-0.15, -0.1) is 0 Å². The summed E-state index contributed by atoms with van der Waals surface area (Å²) in [7, 11) is 1.60. The summed E-state index contributed by atoms with van der Waals surface area (Å²) in [4.78, 5) is 16.3. The summed E-state index contributed by atoms with van der Waals surface area (Å²) >= 11 is 0. The monoisotopic (exact) mass is 353 g/mol. The lowest BCUT2D eigenvalue weighted by atomic mass is 10.1. The van der Waals surface area contributed by atoms with Gasteiger partial charge in [0.15, 0.2) is 5.82 Å². The van der Waals surface area contributed by atoms with Crippen molar-refractivity contribution in [2.45, 2.75) is 6.92 Å². The van der Waals surface area contributed by atoms with Crippen LogP contribution in [0, 0.1) is 6.92 Å². The summed E-state index contributed by atoms with van der Waals surface area (Å²) < 4.78 is 15.8. The summed E-state index contributed by atoms with van der Waals surface area (Å²) in [5.74, 6) is 2.24. The number of aryl methyl sites for hydroxylation is 1. The van der Waals surface area contributed by atoms with Gasteiger partial charge >= 0.3 is 0 Å². The third-order valence-corrected chi connectivity index (χ3v) is 3.62. The zero-order valence-corrected chi connectivity index (χ0v) is 14.6. The number of aromatic nitrogens is 2. The molecule has 26 heavy (non-hydrogen) atoms. The van der Waals surface area contributed by atoms with Crippen molar-refractivity contribution in [3.63, 3.8) is 0 Å². The number of amides is 1. The van der Waals surface area contributed by atoms with Crippen molar-refractivity contribution >= 4 is 5.91 Å². The molecule has 0 aliphatic heterocycles. The van der Waals surface area contributed by atoms with Crippen molar-refractivity contribution < 1.29 is 18.8 Å². The first-order chi connectivity index (χ1) is 12.7. The van der Waals surface area contributed by atoms with Gasteiger partial charge in [-0.1, -0.05) is 11.2 Å². The second kappa shape index (κ2) is 8.15. The van der Waals surface area contributed by atoms with E-state index in [0.717, 1.165) is 11.3 Å². The van der Waals surface area contributed by atoms with E-state index in [1.54, 1.807) is 44.4 Å². The van der Waals surface area contributed by atoms with Crippen molar-refractivity contribution in [3.8, 4) is 23.0 Å². The number of rotatable bonds is 7. The summed E-state index contributed by atoms with van der Waals surface area (Å²) in [5, 5.41) is 6.56. The Morgan fingerprint density at radius 1 is 1.15 bits per heavy atom. The molecule has 0 fully saturated rings.